The van der Waals surface area contributed by atoms with E-state index in [1.165, 1.54) is 14.0 Å². The van der Waals surface area contributed by atoms with Gasteiger partial charge >= 0.3 is 0 Å². The molecule has 1 fully saturated rings. The Hall–Kier alpha value is -3.49. The molecule has 2 amide bonds. The van der Waals surface area contributed by atoms with E-state index in [0.717, 1.165) is 11.1 Å². The average molecular weight is 579 g/mol. The first kappa shape index (κ1) is 27.5. The molecule has 4 unspecified atom stereocenters. The molecule has 4 rings (SSSR count). The lowest BCUT2D eigenvalue weighted by Crippen LogP contribution is -2.56. The summed E-state index contributed by atoms with van der Waals surface area (Å²) in [4.78, 5) is 41.3. The van der Waals surface area contributed by atoms with Crippen LogP contribution in [-0.2, 0) is 14.4 Å². The molecule has 3 aromatic rings. The molecule has 3 aromatic carbocycles. The highest BCUT2D eigenvalue weighted by atomic mass is 79.9. The van der Waals surface area contributed by atoms with Crippen molar-refractivity contribution in [1.29, 1.82) is 0 Å². The number of methoxy groups -OCH3 is 1. The van der Waals surface area contributed by atoms with Gasteiger partial charge in [-0.3, -0.25) is 14.4 Å². The van der Waals surface area contributed by atoms with Gasteiger partial charge in [-0.05, 0) is 62.2 Å². The van der Waals surface area contributed by atoms with Crippen LogP contribution in [0.4, 0.5) is 11.4 Å². The summed E-state index contributed by atoms with van der Waals surface area (Å²) in [5.74, 6) is -4.47. The molecule has 1 saturated carbocycles. The number of rotatable bonds is 6. The van der Waals surface area contributed by atoms with Crippen molar-refractivity contribution in [3.8, 4) is 5.75 Å². The van der Waals surface area contributed by atoms with Crippen molar-refractivity contribution >= 4 is 44.9 Å². The molecule has 0 aliphatic heterocycles. The first-order valence-electron chi connectivity index (χ1n) is 12.3. The predicted octanol–water partition coefficient (Wildman–Crippen LogP) is 5.39. The molecule has 8 heteroatoms. The number of para-hydroxylation sites is 2. The number of anilines is 2. The third kappa shape index (κ3) is 5.51. The molecule has 0 aromatic heterocycles. The van der Waals surface area contributed by atoms with Crippen molar-refractivity contribution in [2.24, 2.45) is 11.8 Å². The standard InChI is InChI=1S/C30H31BrN2O5/c1-17-9-5-7-11-21(17)32-28(35)26-23(34)16-30(3,37)27(29(36)33-22-12-8-6-10-18(22)2)25(26)20-15-19(31)13-14-24(20)38-4/h5-15,25-27,37H,16H2,1-4H3,(H,32,35)(H,33,36). The first-order chi connectivity index (χ1) is 18.0. The lowest BCUT2D eigenvalue weighted by molar-refractivity contribution is -0.150. The van der Waals surface area contributed by atoms with E-state index in [4.69, 9.17) is 4.74 Å². The summed E-state index contributed by atoms with van der Waals surface area (Å²) < 4.78 is 6.29. The van der Waals surface area contributed by atoms with Gasteiger partial charge in [0.1, 0.15) is 17.5 Å². The van der Waals surface area contributed by atoms with E-state index in [2.05, 4.69) is 26.6 Å². The van der Waals surface area contributed by atoms with E-state index in [-0.39, 0.29) is 6.42 Å². The fraction of sp³-hybridized carbons (Fsp3) is 0.300. The van der Waals surface area contributed by atoms with Gasteiger partial charge in [-0.1, -0.05) is 52.3 Å². The molecular formula is C30H31BrN2O5. The highest BCUT2D eigenvalue weighted by Gasteiger charge is 2.56. The topological polar surface area (TPSA) is 105 Å². The monoisotopic (exact) mass is 578 g/mol. The van der Waals surface area contributed by atoms with E-state index < -0.39 is 41.0 Å². The van der Waals surface area contributed by atoms with Crippen molar-refractivity contribution in [3.05, 3.63) is 87.9 Å². The van der Waals surface area contributed by atoms with Crippen LogP contribution in [0.2, 0.25) is 0 Å². The molecular weight excluding hydrogens is 548 g/mol. The zero-order valence-corrected chi connectivity index (χ0v) is 23.3. The zero-order valence-electron chi connectivity index (χ0n) is 21.7. The molecule has 0 bridgehead atoms. The largest absolute Gasteiger partial charge is 0.496 e. The first-order valence-corrected chi connectivity index (χ1v) is 13.1. The predicted molar refractivity (Wildman–Crippen MR) is 150 cm³/mol. The van der Waals surface area contributed by atoms with Crippen LogP contribution in [0.15, 0.2) is 71.2 Å². The van der Waals surface area contributed by atoms with Crippen LogP contribution in [0.1, 0.15) is 36.0 Å². The Morgan fingerprint density at radius 1 is 0.947 bits per heavy atom. The van der Waals surface area contributed by atoms with E-state index in [1.807, 2.05) is 38.1 Å². The summed E-state index contributed by atoms with van der Waals surface area (Å²) >= 11 is 3.47. The van der Waals surface area contributed by atoms with Crippen molar-refractivity contribution in [3.63, 3.8) is 0 Å². The minimum atomic E-state index is -1.72. The smallest absolute Gasteiger partial charge is 0.235 e. The molecule has 0 heterocycles. The van der Waals surface area contributed by atoms with Gasteiger partial charge in [0.25, 0.3) is 0 Å². The van der Waals surface area contributed by atoms with Crippen molar-refractivity contribution in [2.75, 3.05) is 17.7 Å². The van der Waals surface area contributed by atoms with Gasteiger partial charge < -0.3 is 20.5 Å². The number of benzene rings is 3. The summed E-state index contributed by atoms with van der Waals surface area (Å²) in [6.45, 7) is 5.20. The Bertz CT molecular complexity index is 1390. The maximum absolute atomic E-state index is 13.9. The third-order valence-corrected chi connectivity index (χ3v) is 7.68. The highest BCUT2D eigenvalue weighted by Crippen LogP contribution is 2.49. The number of hydrogen-bond donors (Lipinski definition) is 3. The van der Waals surface area contributed by atoms with Gasteiger partial charge in [0.15, 0.2) is 0 Å². The second kappa shape index (κ2) is 11.1. The number of amides is 2. The van der Waals surface area contributed by atoms with Crippen LogP contribution in [0, 0.1) is 25.7 Å². The molecule has 1 aliphatic rings. The maximum atomic E-state index is 13.9. The van der Waals surface area contributed by atoms with Crippen LogP contribution in [0.5, 0.6) is 5.75 Å². The van der Waals surface area contributed by atoms with E-state index in [9.17, 15) is 19.5 Å². The van der Waals surface area contributed by atoms with Crippen molar-refractivity contribution in [2.45, 2.75) is 38.7 Å². The number of nitrogens with one attached hydrogen (secondary N) is 2. The van der Waals surface area contributed by atoms with E-state index in [1.54, 1.807) is 42.5 Å². The Labute approximate surface area is 230 Å². The molecule has 1 aliphatic carbocycles. The molecule has 198 valence electrons. The van der Waals surface area contributed by atoms with Crippen LogP contribution in [0.25, 0.3) is 0 Å². The number of hydrogen-bond acceptors (Lipinski definition) is 5. The third-order valence-electron chi connectivity index (χ3n) is 7.19. The molecule has 0 spiro atoms. The van der Waals surface area contributed by atoms with Crippen LogP contribution in [0.3, 0.4) is 0 Å². The van der Waals surface area contributed by atoms with Crippen molar-refractivity contribution < 1.29 is 24.2 Å². The number of aliphatic hydroxyl groups is 1. The summed E-state index contributed by atoms with van der Waals surface area (Å²) in [6.07, 6.45) is -0.350. The van der Waals surface area contributed by atoms with Gasteiger partial charge in [-0.25, -0.2) is 0 Å². The maximum Gasteiger partial charge on any atom is 0.235 e. The summed E-state index contributed by atoms with van der Waals surface area (Å²) in [5.41, 5.74) is 1.60. The fourth-order valence-electron chi connectivity index (χ4n) is 5.28. The van der Waals surface area contributed by atoms with Gasteiger partial charge in [0.2, 0.25) is 11.8 Å². The Balaban J connectivity index is 1.85. The Morgan fingerprint density at radius 3 is 2.05 bits per heavy atom. The lowest BCUT2D eigenvalue weighted by atomic mass is 9.61. The second-order valence-electron chi connectivity index (χ2n) is 9.98. The number of carbonyl (C=O) groups excluding carboxylic acids is 3. The van der Waals surface area contributed by atoms with Gasteiger partial charge in [-0.15, -0.1) is 0 Å². The quantitative estimate of drug-likeness (QED) is 0.340. The van der Waals surface area contributed by atoms with Crippen LogP contribution < -0.4 is 15.4 Å². The van der Waals surface area contributed by atoms with Crippen LogP contribution in [-0.4, -0.2) is 35.4 Å². The van der Waals surface area contributed by atoms with E-state index in [0.29, 0.717) is 27.2 Å². The average Bonchev–Trinajstić information content (AvgIpc) is 2.85. The molecule has 0 saturated heterocycles. The number of Topliss-reactive ketones (excluding diaryl/α,β-unsaturated/α-hetero) is 1. The van der Waals surface area contributed by atoms with Crippen molar-refractivity contribution in [1.82, 2.24) is 0 Å². The normalized spacial score (nSPS) is 23.0. The van der Waals surface area contributed by atoms with Crippen LogP contribution >= 0.6 is 15.9 Å². The summed E-state index contributed by atoms with van der Waals surface area (Å²) in [5, 5.41) is 17.4. The number of halogens is 1. The minimum absolute atomic E-state index is 0.350. The molecule has 4 atom stereocenters. The number of aryl methyl sites for hydroxylation is 2. The molecule has 0 radical (unpaired) electrons. The number of carbonyl (C=O) groups is 3. The molecule has 7 nitrogen and oxygen atoms in total. The number of ketones is 1. The summed E-state index contributed by atoms with van der Waals surface area (Å²) in [6, 6.07) is 19.8. The van der Waals surface area contributed by atoms with Gasteiger partial charge in [0.05, 0.1) is 18.6 Å². The Kier molecular flexibility index (Phi) is 8.04. The van der Waals surface area contributed by atoms with Gasteiger partial charge in [-0.2, -0.15) is 0 Å². The van der Waals surface area contributed by atoms with E-state index >= 15 is 0 Å². The van der Waals surface area contributed by atoms with Gasteiger partial charge in [0, 0.05) is 33.7 Å². The minimum Gasteiger partial charge on any atom is -0.496 e. The zero-order chi connectivity index (χ0) is 27.6. The second-order valence-corrected chi connectivity index (χ2v) is 10.9. The number of ether oxygens (including phenoxy) is 1. The Morgan fingerprint density at radius 2 is 1.50 bits per heavy atom. The lowest BCUT2D eigenvalue weighted by Gasteiger charge is -2.44. The highest BCUT2D eigenvalue weighted by molar-refractivity contribution is 9.10. The molecule has 38 heavy (non-hydrogen) atoms. The molecule has 3 N–H and O–H groups in total. The summed E-state index contributed by atoms with van der Waals surface area (Å²) in [7, 11) is 1.49. The SMILES string of the molecule is COc1ccc(Br)cc1C1C(C(=O)Nc2ccccc2C)C(=O)CC(C)(O)C1C(=O)Nc1ccccc1C. The fourth-order valence-corrected chi connectivity index (χ4v) is 5.66.